The molecule has 0 saturated heterocycles. The molecule has 0 unspecified atom stereocenters. The SMILES string of the molecule is CCc1nccn1-c1cccc(Br)c1CN. The van der Waals surface area contributed by atoms with Gasteiger partial charge in [0.25, 0.3) is 0 Å². The number of imidazole rings is 1. The second-order valence-electron chi connectivity index (χ2n) is 3.51. The summed E-state index contributed by atoms with van der Waals surface area (Å²) >= 11 is 3.53. The van der Waals surface area contributed by atoms with Gasteiger partial charge < -0.3 is 10.3 Å². The molecule has 2 rings (SSSR count). The van der Waals surface area contributed by atoms with Crippen molar-refractivity contribution in [3.05, 3.63) is 46.5 Å². The first-order chi connectivity index (χ1) is 7.77. The van der Waals surface area contributed by atoms with Crippen LogP contribution >= 0.6 is 15.9 Å². The summed E-state index contributed by atoms with van der Waals surface area (Å²) in [7, 11) is 0. The summed E-state index contributed by atoms with van der Waals surface area (Å²) in [6.45, 7) is 2.61. The summed E-state index contributed by atoms with van der Waals surface area (Å²) in [5.41, 5.74) is 7.99. The van der Waals surface area contributed by atoms with Gasteiger partial charge in [-0.05, 0) is 12.1 Å². The highest BCUT2D eigenvalue weighted by molar-refractivity contribution is 9.10. The van der Waals surface area contributed by atoms with Gasteiger partial charge in [-0.15, -0.1) is 0 Å². The average molecular weight is 280 g/mol. The molecule has 4 heteroatoms. The Labute approximate surface area is 103 Å². The third-order valence-electron chi connectivity index (χ3n) is 2.59. The van der Waals surface area contributed by atoms with E-state index in [9.17, 15) is 0 Å². The Morgan fingerprint density at radius 2 is 2.25 bits per heavy atom. The van der Waals surface area contributed by atoms with E-state index in [1.165, 1.54) is 0 Å². The van der Waals surface area contributed by atoms with Crippen LogP contribution in [-0.4, -0.2) is 9.55 Å². The molecule has 0 amide bonds. The monoisotopic (exact) mass is 279 g/mol. The Kier molecular flexibility index (Phi) is 3.41. The Morgan fingerprint density at radius 1 is 1.44 bits per heavy atom. The minimum atomic E-state index is 0.512. The minimum Gasteiger partial charge on any atom is -0.326 e. The van der Waals surface area contributed by atoms with Gasteiger partial charge in [0.2, 0.25) is 0 Å². The maximum absolute atomic E-state index is 5.79. The normalized spacial score (nSPS) is 10.7. The number of aromatic nitrogens is 2. The summed E-state index contributed by atoms with van der Waals surface area (Å²) in [6.07, 6.45) is 4.70. The molecule has 0 atom stereocenters. The lowest BCUT2D eigenvalue weighted by Gasteiger charge is -2.12. The molecular weight excluding hydrogens is 266 g/mol. The van der Waals surface area contributed by atoms with Gasteiger partial charge in [-0.3, -0.25) is 0 Å². The summed E-state index contributed by atoms with van der Waals surface area (Å²) in [5, 5.41) is 0. The van der Waals surface area contributed by atoms with E-state index < -0.39 is 0 Å². The van der Waals surface area contributed by atoms with Crippen molar-refractivity contribution < 1.29 is 0 Å². The molecule has 16 heavy (non-hydrogen) atoms. The van der Waals surface area contributed by atoms with E-state index in [1.807, 2.05) is 24.5 Å². The van der Waals surface area contributed by atoms with Crippen LogP contribution in [0.3, 0.4) is 0 Å². The first-order valence-corrected chi connectivity index (χ1v) is 6.07. The van der Waals surface area contributed by atoms with Gasteiger partial charge in [-0.1, -0.05) is 28.9 Å². The summed E-state index contributed by atoms with van der Waals surface area (Å²) in [6, 6.07) is 6.08. The quantitative estimate of drug-likeness (QED) is 0.939. The Balaban J connectivity index is 2.60. The van der Waals surface area contributed by atoms with Crippen LogP contribution in [-0.2, 0) is 13.0 Å². The number of nitrogens with two attached hydrogens (primary N) is 1. The number of hydrogen-bond acceptors (Lipinski definition) is 2. The standard InChI is InChI=1S/C12H14BrN3/c1-2-12-15-6-7-16(12)11-5-3-4-10(13)9(11)8-14/h3-7H,2,8,14H2,1H3. The molecule has 0 radical (unpaired) electrons. The molecule has 1 aromatic carbocycles. The predicted octanol–water partition coefficient (Wildman–Crippen LogP) is 2.66. The molecule has 0 aliphatic heterocycles. The molecule has 0 saturated carbocycles. The molecule has 2 N–H and O–H groups in total. The van der Waals surface area contributed by atoms with Crippen molar-refractivity contribution >= 4 is 15.9 Å². The highest BCUT2D eigenvalue weighted by atomic mass is 79.9. The smallest absolute Gasteiger partial charge is 0.112 e. The van der Waals surface area contributed by atoms with Gasteiger partial charge in [0.15, 0.2) is 0 Å². The Hall–Kier alpha value is -1.13. The van der Waals surface area contributed by atoms with Crippen LogP contribution in [0.15, 0.2) is 35.1 Å². The van der Waals surface area contributed by atoms with E-state index in [0.29, 0.717) is 6.54 Å². The topological polar surface area (TPSA) is 43.8 Å². The van der Waals surface area contributed by atoms with E-state index in [0.717, 1.165) is 28.0 Å². The number of rotatable bonds is 3. The van der Waals surface area contributed by atoms with Crippen LogP contribution in [0, 0.1) is 0 Å². The lowest BCUT2D eigenvalue weighted by molar-refractivity contribution is 0.873. The highest BCUT2D eigenvalue weighted by Crippen LogP contribution is 2.24. The van der Waals surface area contributed by atoms with E-state index in [-0.39, 0.29) is 0 Å². The number of benzene rings is 1. The Morgan fingerprint density at radius 3 is 2.94 bits per heavy atom. The van der Waals surface area contributed by atoms with Crippen molar-refractivity contribution in [1.82, 2.24) is 9.55 Å². The zero-order chi connectivity index (χ0) is 11.5. The van der Waals surface area contributed by atoms with Crippen molar-refractivity contribution in [2.75, 3.05) is 0 Å². The second kappa shape index (κ2) is 4.80. The minimum absolute atomic E-state index is 0.512. The van der Waals surface area contributed by atoms with Crippen LogP contribution in [0.4, 0.5) is 0 Å². The maximum atomic E-state index is 5.79. The summed E-state index contributed by atoms with van der Waals surface area (Å²) in [5.74, 6) is 1.05. The molecule has 1 heterocycles. The van der Waals surface area contributed by atoms with Gasteiger partial charge in [0, 0.05) is 35.4 Å². The lowest BCUT2D eigenvalue weighted by Crippen LogP contribution is -2.07. The van der Waals surface area contributed by atoms with E-state index in [4.69, 9.17) is 5.73 Å². The summed E-state index contributed by atoms with van der Waals surface area (Å²) in [4.78, 5) is 4.32. The molecule has 0 aliphatic carbocycles. The largest absolute Gasteiger partial charge is 0.326 e. The van der Waals surface area contributed by atoms with Gasteiger partial charge >= 0.3 is 0 Å². The van der Waals surface area contributed by atoms with Crippen LogP contribution < -0.4 is 5.73 Å². The van der Waals surface area contributed by atoms with Gasteiger partial charge in [0.1, 0.15) is 5.82 Å². The molecule has 3 nitrogen and oxygen atoms in total. The third-order valence-corrected chi connectivity index (χ3v) is 3.33. The molecule has 0 bridgehead atoms. The van der Waals surface area contributed by atoms with Crippen LogP contribution in [0.2, 0.25) is 0 Å². The van der Waals surface area contributed by atoms with Crippen molar-refractivity contribution in [3.63, 3.8) is 0 Å². The zero-order valence-electron chi connectivity index (χ0n) is 9.15. The fourth-order valence-corrected chi connectivity index (χ4v) is 2.31. The molecule has 0 spiro atoms. The van der Waals surface area contributed by atoms with E-state index in [2.05, 4.69) is 38.5 Å². The van der Waals surface area contributed by atoms with Crippen molar-refractivity contribution in [1.29, 1.82) is 0 Å². The summed E-state index contributed by atoms with van der Waals surface area (Å²) < 4.78 is 3.13. The van der Waals surface area contributed by atoms with Crippen molar-refractivity contribution in [3.8, 4) is 5.69 Å². The van der Waals surface area contributed by atoms with Crippen molar-refractivity contribution in [2.24, 2.45) is 5.73 Å². The number of nitrogens with zero attached hydrogens (tertiary/aromatic N) is 2. The fraction of sp³-hybridized carbons (Fsp3) is 0.250. The average Bonchev–Trinajstić information content (AvgIpc) is 2.76. The van der Waals surface area contributed by atoms with Crippen LogP contribution in [0.1, 0.15) is 18.3 Å². The van der Waals surface area contributed by atoms with E-state index in [1.54, 1.807) is 0 Å². The zero-order valence-corrected chi connectivity index (χ0v) is 10.7. The predicted molar refractivity (Wildman–Crippen MR) is 68.5 cm³/mol. The third kappa shape index (κ3) is 1.90. The van der Waals surface area contributed by atoms with E-state index >= 15 is 0 Å². The molecular formula is C12H14BrN3. The second-order valence-corrected chi connectivity index (χ2v) is 4.36. The molecule has 0 aliphatic rings. The maximum Gasteiger partial charge on any atom is 0.112 e. The number of halogens is 1. The first kappa shape index (κ1) is 11.4. The molecule has 0 fully saturated rings. The molecule has 2 aromatic rings. The highest BCUT2D eigenvalue weighted by Gasteiger charge is 2.09. The van der Waals surface area contributed by atoms with Gasteiger partial charge in [-0.25, -0.2) is 4.98 Å². The Bertz CT molecular complexity index is 491. The van der Waals surface area contributed by atoms with Gasteiger partial charge in [-0.2, -0.15) is 0 Å². The molecule has 1 aromatic heterocycles. The van der Waals surface area contributed by atoms with Crippen LogP contribution in [0.25, 0.3) is 5.69 Å². The van der Waals surface area contributed by atoms with Crippen LogP contribution in [0.5, 0.6) is 0 Å². The van der Waals surface area contributed by atoms with Gasteiger partial charge in [0.05, 0.1) is 5.69 Å². The fourth-order valence-electron chi connectivity index (χ4n) is 1.79. The number of aryl methyl sites for hydroxylation is 1. The number of hydrogen-bond donors (Lipinski definition) is 1. The van der Waals surface area contributed by atoms with Crippen molar-refractivity contribution in [2.45, 2.75) is 19.9 Å². The lowest BCUT2D eigenvalue weighted by atomic mass is 10.1. The molecule has 84 valence electrons. The first-order valence-electron chi connectivity index (χ1n) is 5.28.